The molecule has 2 aromatic carbocycles. The maximum absolute atomic E-state index is 14.4. The van der Waals surface area contributed by atoms with Crippen molar-refractivity contribution < 1.29 is 45.4 Å². The highest BCUT2D eigenvalue weighted by Crippen LogP contribution is 2.55. The number of hydrogen-bond donors (Lipinski definition) is 2. The Balaban J connectivity index is 2.08. The van der Waals surface area contributed by atoms with E-state index in [9.17, 15) is 35.9 Å². The Morgan fingerprint density at radius 2 is 1.74 bits per heavy atom. The quantitative estimate of drug-likeness (QED) is 0.612. The van der Waals surface area contributed by atoms with Gasteiger partial charge in [-0.2, -0.15) is 17.6 Å². The molecule has 2 aromatic rings. The summed E-state index contributed by atoms with van der Waals surface area (Å²) in [5, 5.41) is 2.26. The number of primary amides is 1. The normalized spacial score (nSPS) is 24.7. The van der Waals surface area contributed by atoms with Crippen LogP contribution in [0.1, 0.15) is 35.7 Å². The fraction of sp³-hybridized carbons (Fsp3) is 0.364. The number of methoxy groups -OCH3 is 1. The average Bonchev–Trinajstić information content (AvgIpc) is 3.03. The van der Waals surface area contributed by atoms with Crippen LogP contribution in [0.15, 0.2) is 30.3 Å². The number of carbonyl (C=O) groups is 2. The summed E-state index contributed by atoms with van der Waals surface area (Å²) in [4.78, 5) is 24.4. The van der Waals surface area contributed by atoms with Crippen molar-refractivity contribution in [3.63, 3.8) is 0 Å². The molecule has 0 aromatic heterocycles. The van der Waals surface area contributed by atoms with Crippen LogP contribution in [-0.4, -0.2) is 36.8 Å². The lowest BCUT2D eigenvalue weighted by molar-refractivity contribution is -0.272. The second kappa shape index (κ2) is 8.82. The fourth-order valence-corrected chi connectivity index (χ4v) is 4.05. The Kier molecular flexibility index (Phi) is 6.57. The Morgan fingerprint density at radius 1 is 1.12 bits per heavy atom. The standard InChI is InChI=1S/C22H20F6N2O4/c1-9-15(11-5-7-14(24)16(25)17(11)33-3)18(34-21(9,2)22(26,27)28)20(32)30-10-4-6-13(23)12(8-10)19(29)31/h4-9,15,18H,1-3H3,(H2,29,31)(H,30,32)/t9-,15-,18+,21-/m0/s1. The molecule has 0 spiro atoms. The molecular weight excluding hydrogens is 470 g/mol. The molecule has 1 heterocycles. The van der Waals surface area contributed by atoms with Gasteiger partial charge in [0.05, 0.1) is 12.7 Å². The minimum atomic E-state index is -4.93. The summed E-state index contributed by atoms with van der Waals surface area (Å²) in [6, 6.07) is 4.53. The summed E-state index contributed by atoms with van der Waals surface area (Å²) in [5.41, 5.74) is 1.32. The van der Waals surface area contributed by atoms with Gasteiger partial charge in [-0.3, -0.25) is 9.59 Å². The molecule has 0 bridgehead atoms. The number of hydrogen-bond acceptors (Lipinski definition) is 4. The lowest BCUT2D eigenvalue weighted by Gasteiger charge is -2.32. The topological polar surface area (TPSA) is 90.6 Å². The molecule has 12 heteroatoms. The van der Waals surface area contributed by atoms with Gasteiger partial charge in [0.1, 0.15) is 11.9 Å². The molecule has 3 N–H and O–H groups in total. The molecule has 3 rings (SSSR count). The number of nitrogens with two attached hydrogens (primary N) is 1. The molecule has 1 saturated heterocycles. The molecule has 4 atom stereocenters. The van der Waals surface area contributed by atoms with Crippen LogP contribution in [-0.2, 0) is 9.53 Å². The number of ether oxygens (including phenoxy) is 2. The number of benzene rings is 2. The molecule has 1 aliphatic rings. The van der Waals surface area contributed by atoms with Gasteiger partial charge in [0.2, 0.25) is 5.82 Å². The molecule has 1 aliphatic heterocycles. The van der Waals surface area contributed by atoms with Crippen LogP contribution in [0.4, 0.5) is 32.0 Å². The van der Waals surface area contributed by atoms with Gasteiger partial charge < -0.3 is 20.5 Å². The van der Waals surface area contributed by atoms with Crippen molar-refractivity contribution in [1.82, 2.24) is 0 Å². The van der Waals surface area contributed by atoms with Gasteiger partial charge in [-0.25, -0.2) is 8.78 Å². The number of alkyl halides is 3. The highest BCUT2D eigenvalue weighted by Gasteiger charge is 2.65. The number of amides is 2. The molecular formula is C22H20F6N2O4. The SMILES string of the molecule is COc1c([C@H]2[C@H](C(=O)Nc3ccc(F)c(C(N)=O)c3)O[C@](C)(C(F)(F)F)[C@H]2C)ccc(F)c1F. The van der Waals surface area contributed by atoms with Gasteiger partial charge in [-0.05, 0) is 31.2 Å². The molecule has 2 amide bonds. The highest BCUT2D eigenvalue weighted by atomic mass is 19.4. The van der Waals surface area contributed by atoms with Crippen molar-refractivity contribution in [2.24, 2.45) is 11.7 Å². The first-order valence-electron chi connectivity index (χ1n) is 9.89. The maximum Gasteiger partial charge on any atom is 0.417 e. The van der Waals surface area contributed by atoms with E-state index in [-0.39, 0.29) is 11.3 Å². The van der Waals surface area contributed by atoms with Crippen LogP contribution in [0.3, 0.4) is 0 Å². The van der Waals surface area contributed by atoms with E-state index < -0.39 is 70.3 Å². The van der Waals surface area contributed by atoms with E-state index >= 15 is 0 Å². The summed E-state index contributed by atoms with van der Waals surface area (Å²) in [7, 11) is 1.00. The van der Waals surface area contributed by atoms with Crippen molar-refractivity contribution in [3.8, 4) is 5.75 Å². The first-order valence-corrected chi connectivity index (χ1v) is 9.89. The zero-order chi connectivity index (χ0) is 25.6. The number of anilines is 1. The van der Waals surface area contributed by atoms with E-state index in [0.717, 1.165) is 45.2 Å². The number of carbonyl (C=O) groups excluding carboxylic acids is 2. The van der Waals surface area contributed by atoms with Gasteiger partial charge in [0.15, 0.2) is 17.2 Å². The molecule has 0 unspecified atom stereocenters. The monoisotopic (exact) mass is 490 g/mol. The summed E-state index contributed by atoms with van der Waals surface area (Å²) in [5.74, 6) is -9.46. The van der Waals surface area contributed by atoms with Crippen LogP contribution >= 0.6 is 0 Å². The molecule has 0 radical (unpaired) electrons. The third-order valence-corrected chi connectivity index (χ3v) is 6.07. The first-order chi connectivity index (χ1) is 15.7. The van der Waals surface area contributed by atoms with Crippen molar-refractivity contribution >= 4 is 17.5 Å². The van der Waals surface area contributed by atoms with Crippen molar-refractivity contribution in [3.05, 3.63) is 58.9 Å². The number of halogens is 6. The van der Waals surface area contributed by atoms with Crippen LogP contribution in [0.5, 0.6) is 5.75 Å². The summed E-state index contributed by atoms with van der Waals surface area (Å²) >= 11 is 0. The second-order valence-corrected chi connectivity index (χ2v) is 7.99. The Bertz CT molecular complexity index is 1140. The Labute approximate surface area is 190 Å². The van der Waals surface area contributed by atoms with Gasteiger partial charge in [0.25, 0.3) is 11.8 Å². The predicted octanol–water partition coefficient (Wildman–Crippen LogP) is 4.29. The average molecular weight is 490 g/mol. The zero-order valence-corrected chi connectivity index (χ0v) is 18.1. The van der Waals surface area contributed by atoms with Gasteiger partial charge in [-0.15, -0.1) is 0 Å². The van der Waals surface area contributed by atoms with Gasteiger partial charge in [0, 0.05) is 23.1 Å². The fourth-order valence-electron chi connectivity index (χ4n) is 4.05. The van der Waals surface area contributed by atoms with Crippen molar-refractivity contribution in [2.75, 3.05) is 12.4 Å². The number of rotatable bonds is 5. The van der Waals surface area contributed by atoms with Crippen LogP contribution < -0.4 is 15.8 Å². The van der Waals surface area contributed by atoms with E-state index in [1.807, 2.05) is 0 Å². The predicted molar refractivity (Wildman–Crippen MR) is 108 cm³/mol. The van der Waals surface area contributed by atoms with Gasteiger partial charge >= 0.3 is 6.18 Å². The Morgan fingerprint density at radius 3 is 2.29 bits per heavy atom. The zero-order valence-electron chi connectivity index (χ0n) is 18.1. The van der Waals surface area contributed by atoms with E-state index in [0.29, 0.717) is 6.07 Å². The van der Waals surface area contributed by atoms with Gasteiger partial charge in [-0.1, -0.05) is 13.0 Å². The Hall–Kier alpha value is -3.28. The minimum Gasteiger partial charge on any atom is -0.493 e. The molecule has 6 nitrogen and oxygen atoms in total. The second-order valence-electron chi connectivity index (χ2n) is 7.99. The van der Waals surface area contributed by atoms with E-state index in [1.54, 1.807) is 0 Å². The van der Waals surface area contributed by atoms with Crippen LogP contribution in [0.2, 0.25) is 0 Å². The highest BCUT2D eigenvalue weighted by molar-refractivity contribution is 5.98. The molecule has 34 heavy (non-hydrogen) atoms. The third kappa shape index (κ3) is 4.17. The summed E-state index contributed by atoms with van der Waals surface area (Å²) in [6.07, 6.45) is -6.77. The lowest BCUT2D eigenvalue weighted by Crippen LogP contribution is -2.47. The van der Waals surface area contributed by atoms with E-state index in [1.165, 1.54) is 0 Å². The summed E-state index contributed by atoms with van der Waals surface area (Å²) < 4.78 is 93.8. The number of nitrogens with one attached hydrogen (secondary N) is 1. The molecule has 1 fully saturated rings. The maximum atomic E-state index is 14.4. The van der Waals surface area contributed by atoms with E-state index in [2.05, 4.69) is 5.32 Å². The third-order valence-electron chi connectivity index (χ3n) is 6.07. The summed E-state index contributed by atoms with van der Waals surface area (Å²) in [6.45, 7) is 1.91. The molecule has 0 aliphatic carbocycles. The van der Waals surface area contributed by atoms with Crippen LogP contribution in [0.25, 0.3) is 0 Å². The van der Waals surface area contributed by atoms with E-state index in [4.69, 9.17) is 15.2 Å². The molecule has 0 saturated carbocycles. The van der Waals surface area contributed by atoms with Crippen molar-refractivity contribution in [2.45, 2.75) is 37.6 Å². The largest absolute Gasteiger partial charge is 0.493 e. The lowest BCUT2D eigenvalue weighted by atomic mass is 9.77. The minimum absolute atomic E-state index is 0.145. The van der Waals surface area contributed by atoms with Crippen molar-refractivity contribution in [1.29, 1.82) is 0 Å². The smallest absolute Gasteiger partial charge is 0.417 e. The van der Waals surface area contributed by atoms with Crippen LogP contribution in [0, 0.1) is 23.4 Å². The molecule has 184 valence electrons. The first kappa shape index (κ1) is 25.3.